The number of para-hydroxylation sites is 1. The highest BCUT2D eigenvalue weighted by atomic mass is 16.6. The summed E-state index contributed by atoms with van der Waals surface area (Å²) in [5.74, 6) is 0.411. The van der Waals surface area contributed by atoms with E-state index in [2.05, 4.69) is 5.32 Å². The Hall–Kier alpha value is -1.62. The van der Waals surface area contributed by atoms with Crippen LogP contribution in [0.2, 0.25) is 0 Å². The van der Waals surface area contributed by atoms with E-state index in [-0.39, 0.29) is 16.7 Å². The monoisotopic (exact) mass is 263 g/mol. The molecule has 0 bridgehead atoms. The molecule has 0 aromatic heterocycles. The van der Waals surface area contributed by atoms with Crippen LogP contribution in [0.1, 0.15) is 31.2 Å². The number of nitrogens with one attached hydrogen (secondary N) is 1. The molecule has 0 aliphatic heterocycles. The summed E-state index contributed by atoms with van der Waals surface area (Å²) in [5.41, 5.74) is 7.30. The lowest BCUT2D eigenvalue weighted by Gasteiger charge is -2.32. The third kappa shape index (κ3) is 3.04. The predicted octanol–water partition coefficient (Wildman–Crippen LogP) is 2.83. The summed E-state index contributed by atoms with van der Waals surface area (Å²) < 4.78 is 0. The quantitative estimate of drug-likeness (QED) is 0.646. The van der Waals surface area contributed by atoms with Gasteiger partial charge in [-0.15, -0.1) is 0 Å². The molecule has 5 nitrogen and oxygen atoms in total. The number of nitro groups is 1. The summed E-state index contributed by atoms with van der Waals surface area (Å²) in [6.07, 6.45) is 4.50. The summed E-state index contributed by atoms with van der Waals surface area (Å²) in [7, 11) is 0. The number of benzene rings is 1. The van der Waals surface area contributed by atoms with E-state index in [0.717, 1.165) is 19.3 Å². The third-order valence-corrected chi connectivity index (χ3v) is 3.97. The largest absolute Gasteiger partial charge is 0.376 e. The second kappa shape index (κ2) is 6.02. The molecule has 0 heterocycles. The maximum atomic E-state index is 11.2. The van der Waals surface area contributed by atoms with Gasteiger partial charge in [-0.25, -0.2) is 0 Å². The lowest BCUT2D eigenvalue weighted by atomic mass is 9.84. The van der Waals surface area contributed by atoms with E-state index in [1.54, 1.807) is 19.1 Å². The van der Waals surface area contributed by atoms with Gasteiger partial charge < -0.3 is 11.1 Å². The molecule has 1 aliphatic rings. The Bertz CT molecular complexity index is 462. The molecule has 5 heteroatoms. The fourth-order valence-electron chi connectivity index (χ4n) is 2.90. The topological polar surface area (TPSA) is 81.2 Å². The first kappa shape index (κ1) is 13.8. The van der Waals surface area contributed by atoms with Gasteiger partial charge >= 0.3 is 0 Å². The zero-order chi connectivity index (χ0) is 13.8. The summed E-state index contributed by atoms with van der Waals surface area (Å²) >= 11 is 0. The molecule has 2 unspecified atom stereocenters. The molecule has 1 aromatic rings. The van der Waals surface area contributed by atoms with E-state index in [1.165, 1.54) is 6.42 Å². The molecule has 1 fully saturated rings. The standard InChI is InChI=1S/C14H21N3O2/c1-10-5-4-8-13(14(10)17(18)19)16-12-7-3-2-6-11(12)9-15/h4-5,8,11-12,16H,2-3,6-7,9,15H2,1H3. The van der Waals surface area contributed by atoms with E-state index in [4.69, 9.17) is 5.73 Å². The maximum absolute atomic E-state index is 11.2. The molecule has 1 aromatic carbocycles. The molecule has 3 N–H and O–H groups in total. The van der Waals surface area contributed by atoms with Crippen molar-refractivity contribution in [2.75, 3.05) is 11.9 Å². The average Bonchev–Trinajstić information content (AvgIpc) is 2.39. The lowest BCUT2D eigenvalue weighted by Crippen LogP contribution is -2.36. The first-order valence-electron chi connectivity index (χ1n) is 6.84. The van der Waals surface area contributed by atoms with Crippen LogP contribution in [0.5, 0.6) is 0 Å². The molecule has 0 spiro atoms. The predicted molar refractivity (Wildman–Crippen MR) is 76.3 cm³/mol. The molecular formula is C14H21N3O2. The zero-order valence-electron chi connectivity index (χ0n) is 11.3. The van der Waals surface area contributed by atoms with Crippen LogP contribution in [0.15, 0.2) is 18.2 Å². The minimum absolute atomic E-state index is 0.184. The number of hydrogen-bond donors (Lipinski definition) is 2. The first-order valence-corrected chi connectivity index (χ1v) is 6.84. The number of aryl methyl sites for hydroxylation is 1. The van der Waals surface area contributed by atoms with Crippen molar-refractivity contribution in [3.8, 4) is 0 Å². The van der Waals surface area contributed by atoms with Crippen LogP contribution in [0, 0.1) is 23.0 Å². The van der Waals surface area contributed by atoms with Crippen molar-refractivity contribution in [1.82, 2.24) is 0 Å². The van der Waals surface area contributed by atoms with Gasteiger partial charge in [0.25, 0.3) is 5.69 Å². The van der Waals surface area contributed by atoms with Gasteiger partial charge in [0, 0.05) is 11.6 Å². The number of nitro benzene ring substituents is 1. The van der Waals surface area contributed by atoms with E-state index >= 15 is 0 Å². The molecule has 19 heavy (non-hydrogen) atoms. The Kier molecular flexibility index (Phi) is 4.37. The Morgan fingerprint density at radius 3 is 2.84 bits per heavy atom. The Morgan fingerprint density at radius 1 is 1.42 bits per heavy atom. The number of nitrogens with two attached hydrogens (primary N) is 1. The number of anilines is 1. The van der Waals surface area contributed by atoms with Crippen molar-refractivity contribution in [2.24, 2.45) is 11.7 Å². The van der Waals surface area contributed by atoms with E-state index < -0.39 is 0 Å². The van der Waals surface area contributed by atoms with Crippen LogP contribution < -0.4 is 11.1 Å². The summed E-state index contributed by atoms with van der Waals surface area (Å²) in [5, 5.41) is 14.5. The van der Waals surface area contributed by atoms with Crippen LogP contribution in [-0.4, -0.2) is 17.5 Å². The van der Waals surface area contributed by atoms with Gasteiger partial charge in [0.15, 0.2) is 0 Å². The molecular weight excluding hydrogens is 242 g/mol. The first-order chi connectivity index (χ1) is 9.13. The SMILES string of the molecule is Cc1cccc(NC2CCCCC2CN)c1[N+](=O)[O-]. The van der Waals surface area contributed by atoms with Crippen LogP contribution in [0.3, 0.4) is 0 Å². The van der Waals surface area contributed by atoms with E-state index in [9.17, 15) is 10.1 Å². The Labute approximate surface area is 113 Å². The van der Waals surface area contributed by atoms with Crippen molar-refractivity contribution in [2.45, 2.75) is 38.6 Å². The van der Waals surface area contributed by atoms with Crippen molar-refractivity contribution >= 4 is 11.4 Å². The van der Waals surface area contributed by atoms with Crippen molar-refractivity contribution < 1.29 is 4.92 Å². The summed E-state index contributed by atoms with van der Waals surface area (Å²) in [6.45, 7) is 2.40. The van der Waals surface area contributed by atoms with Crippen LogP contribution in [-0.2, 0) is 0 Å². The van der Waals surface area contributed by atoms with Gasteiger partial charge in [-0.05, 0) is 38.3 Å². The minimum atomic E-state index is -0.308. The second-order valence-corrected chi connectivity index (χ2v) is 5.26. The smallest absolute Gasteiger partial charge is 0.295 e. The molecule has 0 amide bonds. The van der Waals surface area contributed by atoms with Gasteiger partial charge in [0.05, 0.1) is 4.92 Å². The van der Waals surface area contributed by atoms with Crippen LogP contribution in [0.4, 0.5) is 11.4 Å². The van der Waals surface area contributed by atoms with Gasteiger partial charge in [-0.1, -0.05) is 25.0 Å². The van der Waals surface area contributed by atoms with Gasteiger partial charge in [-0.3, -0.25) is 10.1 Å². The van der Waals surface area contributed by atoms with Crippen LogP contribution in [0.25, 0.3) is 0 Å². The molecule has 1 saturated carbocycles. The van der Waals surface area contributed by atoms with Crippen molar-refractivity contribution in [1.29, 1.82) is 0 Å². The number of hydrogen-bond acceptors (Lipinski definition) is 4. The Balaban J connectivity index is 2.22. The minimum Gasteiger partial charge on any atom is -0.376 e. The highest BCUT2D eigenvalue weighted by Crippen LogP contribution is 2.32. The maximum Gasteiger partial charge on any atom is 0.295 e. The normalized spacial score (nSPS) is 23.1. The number of rotatable bonds is 4. The third-order valence-electron chi connectivity index (χ3n) is 3.97. The fraction of sp³-hybridized carbons (Fsp3) is 0.571. The van der Waals surface area contributed by atoms with Crippen LogP contribution >= 0.6 is 0 Å². The molecule has 2 rings (SSSR count). The molecule has 1 aliphatic carbocycles. The highest BCUT2D eigenvalue weighted by Gasteiger charge is 2.26. The van der Waals surface area contributed by atoms with E-state index in [1.807, 2.05) is 6.07 Å². The van der Waals surface area contributed by atoms with Gasteiger partial charge in [0.1, 0.15) is 5.69 Å². The van der Waals surface area contributed by atoms with E-state index in [0.29, 0.717) is 23.7 Å². The molecule has 0 saturated heterocycles. The fourth-order valence-corrected chi connectivity index (χ4v) is 2.90. The molecule has 0 radical (unpaired) electrons. The summed E-state index contributed by atoms with van der Waals surface area (Å²) in [4.78, 5) is 10.9. The molecule has 2 atom stereocenters. The van der Waals surface area contributed by atoms with Gasteiger partial charge in [0.2, 0.25) is 0 Å². The summed E-state index contributed by atoms with van der Waals surface area (Å²) in [6, 6.07) is 5.65. The zero-order valence-corrected chi connectivity index (χ0v) is 11.3. The van der Waals surface area contributed by atoms with Gasteiger partial charge in [-0.2, -0.15) is 0 Å². The lowest BCUT2D eigenvalue weighted by molar-refractivity contribution is -0.384. The highest BCUT2D eigenvalue weighted by molar-refractivity contribution is 5.65. The van der Waals surface area contributed by atoms with Crippen molar-refractivity contribution in [3.05, 3.63) is 33.9 Å². The number of nitrogens with zero attached hydrogens (tertiary/aromatic N) is 1. The Morgan fingerprint density at radius 2 is 2.16 bits per heavy atom. The molecule has 104 valence electrons. The average molecular weight is 263 g/mol. The second-order valence-electron chi connectivity index (χ2n) is 5.26. The van der Waals surface area contributed by atoms with Crippen molar-refractivity contribution in [3.63, 3.8) is 0 Å².